The summed E-state index contributed by atoms with van der Waals surface area (Å²) in [6, 6.07) is 0. The first kappa shape index (κ1) is 14.3. The van der Waals surface area contributed by atoms with Crippen molar-refractivity contribution in [1.29, 1.82) is 0 Å². The standard InChI is InChI=1S/C13H21ClN4O/c1-18(2)13(6-4-5-7-13)8-15-12-10(19-3)11(14)16-9-17-12/h9H,4-8H2,1-3H3,(H,15,16,17). The van der Waals surface area contributed by atoms with Crippen molar-refractivity contribution in [2.45, 2.75) is 31.2 Å². The van der Waals surface area contributed by atoms with E-state index in [2.05, 4.69) is 34.3 Å². The average Bonchev–Trinajstić information content (AvgIpc) is 2.86. The summed E-state index contributed by atoms with van der Waals surface area (Å²) >= 11 is 6.00. The minimum absolute atomic E-state index is 0.197. The lowest BCUT2D eigenvalue weighted by molar-refractivity contribution is 0.172. The molecule has 0 radical (unpaired) electrons. The first-order valence-electron chi connectivity index (χ1n) is 6.55. The molecule has 1 aliphatic rings. The second-order valence-corrected chi connectivity index (χ2v) is 5.58. The maximum absolute atomic E-state index is 6.00. The molecule has 0 saturated heterocycles. The van der Waals surface area contributed by atoms with Crippen LogP contribution in [-0.4, -0.2) is 48.2 Å². The number of hydrogen-bond acceptors (Lipinski definition) is 5. The molecule has 0 aliphatic heterocycles. The zero-order chi connectivity index (χ0) is 13.9. The summed E-state index contributed by atoms with van der Waals surface area (Å²) in [5, 5.41) is 3.71. The molecule has 1 heterocycles. The van der Waals surface area contributed by atoms with Gasteiger partial charge in [-0.15, -0.1) is 0 Å². The molecule has 19 heavy (non-hydrogen) atoms. The molecule has 2 rings (SSSR count). The molecule has 0 aromatic carbocycles. The molecule has 1 fully saturated rings. The summed E-state index contributed by atoms with van der Waals surface area (Å²) in [5.41, 5.74) is 0.197. The number of methoxy groups -OCH3 is 1. The molecule has 1 aromatic rings. The van der Waals surface area contributed by atoms with Crippen LogP contribution in [-0.2, 0) is 0 Å². The van der Waals surface area contributed by atoms with Crippen LogP contribution in [0.3, 0.4) is 0 Å². The van der Waals surface area contributed by atoms with Gasteiger partial charge in [0.15, 0.2) is 16.7 Å². The molecule has 6 heteroatoms. The molecule has 5 nitrogen and oxygen atoms in total. The number of anilines is 1. The molecule has 0 atom stereocenters. The van der Waals surface area contributed by atoms with Crippen molar-refractivity contribution in [3.05, 3.63) is 11.5 Å². The summed E-state index contributed by atoms with van der Waals surface area (Å²) in [5.74, 6) is 1.17. The highest BCUT2D eigenvalue weighted by Crippen LogP contribution is 2.35. The normalized spacial score (nSPS) is 17.7. The first-order chi connectivity index (χ1) is 9.09. The van der Waals surface area contributed by atoms with Crippen molar-refractivity contribution >= 4 is 17.4 Å². The second kappa shape index (κ2) is 5.92. The largest absolute Gasteiger partial charge is 0.490 e. The van der Waals surface area contributed by atoms with Gasteiger partial charge in [0.25, 0.3) is 0 Å². The van der Waals surface area contributed by atoms with Gasteiger partial charge in [-0.2, -0.15) is 0 Å². The Hall–Kier alpha value is -1.07. The maximum atomic E-state index is 6.00. The number of nitrogens with zero attached hydrogens (tertiary/aromatic N) is 3. The topological polar surface area (TPSA) is 50.3 Å². The fraction of sp³-hybridized carbons (Fsp3) is 0.692. The highest BCUT2D eigenvalue weighted by Gasteiger charge is 2.36. The van der Waals surface area contributed by atoms with E-state index in [4.69, 9.17) is 16.3 Å². The van der Waals surface area contributed by atoms with Crippen LogP contribution in [0.15, 0.2) is 6.33 Å². The van der Waals surface area contributed by atoms with E-state index in [1.165, 1.54) is 32.0 Å². The van der Waals surface area contributed by atoms with Crippen molar-refractivity contribution < 1.29 is 4.74 Å². The molecule has 1 N–H and O–H groups in total. The lowest BCUT2D eigenvalue weighted by atomic mass is 9.96. The molecular weight excluding hydrogens is 264 g/mol. The SMILES string of the molecule is COc1c(Cl)ncnc1NCC1(N(C)C)CCCC1. The van der Waals surface area contributed by atoms with Crippen molar-refractivity contribution in [3.8, 4) is 5.75 Å². The van der Waals surface area contributed by atoms with Crippen LogP contribution in [0.4, 0.5) is 5.82 Å². The highest BCUT2D eigenvalue weighted by molar-refractivity contribution is 6.31. The van der Waals surface area contributed by atoms with Crippen LogP contribution in [0.1, 0.15) is 25.7 Å². The Balaban J connectivity index is 2.12. The number of nitrogens with one attached hydrogen (secondary N) is 1. The van der Waals surface area contributed by atoms with E-state index in [1.807, 2.05) is 0 Å². The summed E-state index contributed by atoms with van der Waals surface area (Å²) in [6.45, 7) is 0.837. The molecule has 0 bridgehead atoms. The molecule has 1 aliphatic carbocycles. The third-order valence-electron chi connectivity index (χ3n) is 4.03. The van der Waals surface area contributed by atoms with Crippen LogP contribution >= 0.6 is 11.6 Å². The van der Waals surface area contributed by atoms with E-state index in [9.17, 15) is 0 Å². The number of likely N-dealkylation sites (N-methyl/N-ethyl adjacent to an activating group) is 1. The highest BCUT2D eigenvalue weighted by atomic mass is 35.5. The number of hydrogen-bond donors (Lipinski definition) is 1. The van der Waals surface area contributed by atoms with Gasteiger partial charge in [0.2, 0.25) is 0 Å². The number of ether oxygens (including phenoxy) is 1. The van der Waals surface area contributed by atoms with Crippen LogP contribution in [0, 0.1) is 0 Å². The third-order valence-corrected chi connectivity index (χ3v) is 4.30. The average molecular weight is 285 g/mol. The van der Waals surface area contributed by atoms with Crippen LogP contribution in [0.2, 0.25) is 5.15 Å². The smallest absolute Gasteiger partial charge is 0.198 e. The molecular formula is C13H21ClN4O. The monoisotopic (exact) mass is 284 g/mol. The minimum Gasteiger partial charge on any atom is -0.490 e. The van der Waals surface area contributed by atoms with Gasteiger partial charge in [0, 0.05) is 12.1 Å². The van der Waals surface area contributed by atoms with Gasteiger partial charge in [0.1, 0.15) is 6.33 Å². The Morgan fingerprint density at radius 3 is 2.63 bits per heavy atom. The Kier molecular flexibility index (Phi) is 4.47. The Labute approximate surface area is 119 Å². The van der Waals surface area contributed by atoms with Crippen molar-refractivity contribution in [1.82, 2.24) is 14.9 Å². The second-order valence-electron chi connectivity index (χ2n) is 5.23. The van der Waals surface area contributed by atoms with Gasteiger partial charge in [-0.3, -0.25) is 0 Å². The number of halogens is 1. The van der Waals surface area contributed by atoms with Gasteiger partial charge in [-0.05, 0) is 26.9 Å². The van der Waals surface area contributed by atoms with E-state index >= 15 is 0 Å². The van der Waals surface area contributed by atoms with Gasteiger partial charge < -0.3 is 15.0 Å². The van der Waals surface area contributed by atoms with Gasteiger partial charge in [-0.1, -0.05) is 24.4 Å². The summed E-state index contributed by atoms with van der Waals surface area (Å²) in [7, 11) is 5.85. The first-order valence-corrected chi connectivity index (χ1v) is 6.93. The zero-order valence-electron chi connectivity index (χ0n) is 11.7. The van der Waals surface area contributed by atoms with Crippen LogP contribution in [0.25, 0.3) is 0 Å². The molecule has 106 valence electrons. The molecule has 0 unspecified atom stereocenters. The lowest BCUT2D eigenvalue weighted by Gasteiger charge is -2.36. The van der Waals surface area contributed by atoms with Gasteiger partial charge >= 0.3 is 0 Å². The quantitative estimate of drug-likeness (QED) is 0.842. The van der Waals surface area contributed by atoms with E-state index in [0.29, 0.717) is 16.7 Å². The molecule has 1 aromatic heterocycles. The van der Waals surface area contributed by atoms with E-state index in [-0.39, 0.29) is 5.54 Å². The zero-order valence-corrected chi connectivity index (χ0v) is 12.5. The minimum atomic E-state index is 0.197. The number of aromatic nitrogens is 2. The Morgan fingerprint density at radius 2 is 2.05 bits per heavy atom. The van der Waals surface area contributed by atoms with Gasteiger partial charge in [0.05, 0.1) is 7.11 Å². The fourth-order valence-corrected chi connectivity index (χ4v) is 2.93. The van der Waals surface area contributed by atoms with E-state index < -0.39 is 0 Å². The van der Waals surface area contributed by atoms with Crippen molar-refractivity contribution in [2.75, 3.05) is 33.1 Å². The molecule has 0 amide bonds. The Morgan fingerprint density at radius 1 is 1.37 bits per heavy atom. The maximum Gasteiger partial charge on any atom is 0.198 e. The predicted molar refractivity (Wildman–Crippen MR) is 77.0 cm³/mol. The Bertz CT molecular complexity index is 433. The molecule has 0 spiro atoms. The van der Waals surface area contributed by atoms with Crippen molar-refractivity contribution in [2.24, 2.45) is 0 Å². The van der Waals surface area contributed by atoms with E-state index in [0.717, 1.165) is 6.54 Å². The fourth-order valence-electron chi connectivity index (χ4n) is 2.72. The third kappa shape index (κ3) is 2.92. The van der Waals surface area contributed by atoms with Crippen molar-refractivity contribution in [3.63, 3.8) is 0 Å². The summed E-state index contributed by atoms with van der Waals surface area (Å²) in [4.78, 5) is 10.4. The summed E-state index contributed by atoms with van der Waals surface area (Å²) in [6.07, 6.45) is 6.41. The predicted octanol–water partition coefficient (Wildman–Crippen LogP) is 2.42. The van der Waals surface area contributed by atoms with Crippen LogP contribution < -0.4 is 10.1 Å². The molecule has 1 saturated carbocycles. The lowest BCUT2D eigenvalue weighted by Crippen LogP contribution is -2.47. The number of rotatable bonds is 5. The summed E-state index contributed by atoms with van der Waals surface area (Å²) < 4.78 is 5.25. The van der Waals surface area contributed by atoms with E-state index in [1.54, 1.807) is 7.11 Å². The van der Waals surface area contributed by atoms with Crippen LogP contribution in [0.5, 0.6) is 5.75 Å². The van der Waals surface area contributed by atoms with Gasteiger partial charge in [-0.25, -0.2) is 9.97 Å².